The molecule has 3 heterocycles. The van der Waals surface area contributed by atoms with Gasteiger partial charge in [-0.3, -0.25) is 9.59 Å². The molecular formula is C28H28F4N6O4. The zero-order chi connectivity index (χ0) is 30.2. The highest BCUT2D eigenvalue weighted by atomic mass is 19.4. The second-order valence-corrected chi connectivity index (χ2v) is 10.1. The number of methoxy groups -OCH3 is 1. The fraction of sp³-hybridized carbons (Fsp3) is 0.357. The SMILES string of the molecule is COc1cc(C(=O)NC2CCNCC2)c(F)cc1Nc1ncc(C(F)(F)F)c(Oc2ccc(C)c3c2C(=O)N(C)C3)n1. The molecule has 10 nitrogen and oxygen atoms in total. The van der Waals surface area contributed by atoms with E-state index in [4.69, 9.17) is 9.47 Å². The smallest absolute Gasteiger partial charge is 0.423 e. The van der Waals surface area contributed by atoms with Crippen LogP contribution in [0, 0.1) is 12.7 Å². The van der Waals surface area contributed by atoms with Gasteiger partial charge in [-0.1, -0.05) is 6.07 Å². The molecule has 222 valence electrons. The number of piperidine rings is 1. The van der Waals surface area contributed by atoms with Crippen LogP contribution in [0.1, 0.15) is 50.2 Å². The molecule has 0 atom stereocenters. The predicted octanol–water partition coefficient (Wildman–Crippen LogP) is 4.55. The van der Waals surface area contributed by atoms with Crippen LogP contribution in [0.15, 0.2) is 30.5 Å². The lowest BCUT2D eigenvalue weighted by Crippen LogP contribution is -2.42. The Morgan fingerprint density at radius 2 is 1.90 bits per heavy atom. The van der Waals surface area contributed by atoms with Crippen LogP contribution in [-0.2, 0) is 12.7 Å². The molecule has 42 heavy (non-hydrogen) atoms. The molecule has 14 heteroatoms. The minimum absolute atomic E-state index is 0.0304. The third kappa shape index (κ3) is 5.79. The zero-order valence-electron chi connectivity index (χ0n) is 23.0. The molecule has 0 unspecified atom stereocenters. The number of nitrogens with zero attached hydrogens (tertiary/aromatic N) is 3. The third-order valence-corrected chi connectivity index (χ3v) is 7.19. The number of carbonyl (C=O) groups excluding carboxylic acids is 2. The van der Waals surface area contributed by atoms with Gasteiger partial charge in [0.25, 0.3) is 11.8 Å². The molecule has 1 aromatic heterocycles. The molecule has 2 amide bonds. The minimum atomic E-state index is -4.88. The molecule has 0 saturated carbocycles. The molecule has 0 radical (unpaired) electrons. The fourth-order valence-corrected chi connectivity index (χ4v) is 4.90. The lowest BCUT2D eigenvalue weighted by Gasteiger charge is -2.24. The van der Waals surface area contributed by atoms with Crippen molar-refractivity contribution in [3.63, 3.8) is 0 Å². The first-order valence-electron chi connectivity index (χ1n) is 13.1. The van der Waals surface area contributed by atoms with E-state index in [1.54, 1.807) is 20.0 Å². The molecule has 2 aliphatic rings. The average molecular weight is 589 g/mol. The van der Waals surface area contributed by atoms with Gasteiger partial charge in [-0.25, -0.2) is 9.37 Å². The van der Waals surface area contributed by atoms with Crippen molar-refractivity contribution in [1.82, 2.24) is 25.5 Å². The van der Waals surface area contributed by atoms with Crippen LogP contribution < -0.4 is 25.4 Å². The summed E-state index contributed by atoms with van der Waals surface area (Å²) in [7, 11) is 2.87. The van der Waals surface area contributed by atoms with Gasteiger partial charge in [-0.15, -0.1) is 0 Å². The summed E-state index contributed by atoms with van der Waals surface area (Å²) in [5, 5.41) is 8.63. The number of ether oxygens (including phenoxy) is 2. The summed E-state index contributed by atoms with van der Waals surface area (Å²) in [6, 6.07) is 5.11. The van der Waals surface area contributed by atoms with Crippen molar-refractivity contribution in [2.75, 3.05) is 32.6 Å². The van der Waals surface area contributed by atoms with E-state index in [1.807, 2.05) is 0 Å². The second kappa shape index (κ2) is 11.4. The van der Waals surface area contributed by atoms with E-state index in [0.29, 0.717) is 24.6 Å². The Hall–Kier alpha value is -4.46. The van der Waals surface area contributed by atoms with E-state index in [0.717, 1.165) is 24.7 Å². The zero-order valence-corrected chi connectivity index (χ0v) is 23.0. The van der Waals surface area contributed by atoms with Gasteiger partial charge in [0.05, 0.1) is 23.9 Å². The molecule has 0 bridgehead atoms. The van der Waals surface area contributed by atoms with E-state index >= 15 is 4.39 Å². The van der Waals surface area contributed by atoms with Gasteiger partial charge in [-0.05, 0) is 56.1 Å². The second-order valence-electron chi connectivity index (χ2n) is 10.1. The molecule has 3 aromatic rings. The van der Waals surface area contributed by atoms with Crippen LogP contribution in [0.3, 0.4) is 0 Å². The maximum Gasteiger partial charge on any atom is 0.423 e. The molecule has 0 spiro atoms. The Kier molecular flexibility index (Phi) is 7.91. The molecule has 0 aliphatic carbocycles. The van der Waals surface area contributed by atoms with Crippen molar-refractivity contribution in [3.05, 3.63) is 64.1 Å². The third-order valence-electron chi connectivity index (χ3n) is 7.19. The Balaban J connectivity index is 1.45. The molecule has 5 rings (SSSR count). The van der Waals surface area contributed by atoms with Gasteiger partial charge in [0.15, 0.2) is 0 Å². The largest absolute Gasteiger partial charge is 0.495 e. The van der Waals surface area contributed by atoms with E-state index < -0.39 is 35.3 Å². The van der Waals surface area contributed by atoms with Crippen molar-refractivity contribution in [2.24, 2.45) is 0 Å². The number of halogens is 4. The number of carbonyl (C=O) groups is 2. The van der Waals surface area contributed by atoms with Crippen molar-refractivity contribution in [3.8, 4) is 17.4 Å². The van der Waals surface area contributed by atoms with E-state index in [-0.39, 0.29) is 46.8 Å². The highest BCUT2D eigenvalue weighted by molar-refractivity contribution is 6.01. The molecule has 1 fully saturated rings. The van der Waals surface area contributed by atoms with Crippen molar-refractivity contribution < 1.29 is 36.6 Å². The summed E-state index contributed by atoms with van der Waals surface area (Å²) < 4.78 is 67.6. The lowest BCUT2D eigenvalue weighted by molar-refractivity contribution is -0.139. The molecule has 3 N–H and O–H groups in total. The molecule has 2 aromatic carbocycles. The van der Waals surface area contributed by atoms with Crippen LogP contribution in [0.2, 0.25) is 0 Å². The average Bonchev–Trinajstić information content (AvgIpc) is 3.25. The number of fused-ring (bicyclic) bond motifs is 1. The summed E-state index contributed by atoms with van der Waals surface area (Å²) in [6.45, 7) is 3.55. The monoisotopic (exact) mass is 588 g/mol. The highest BCUT2D eigenvalue weighted by Crippen LogP contribution is 2.41. The Morgan fingerprint density at radius 3 is 2.60 bits per heavy atom. The molecular weight excluding hydrogens is 560 g/mol. The van der Waals surface area contributed by atoms with Gasteiger partial charge in [0.1, 0.15) is 22.9 Å². The van der Waals surface area contributed by atoms with Crippen LogP contribution in [0.4, 0.5) is 29.2 Å². The summed E-state index contributed by atoms with van der Waals surface area (Å²) in [4.78, 5) is 34.6. The topological polar surface area (TPSA) is 118 Å². The number of rotatable bonds is 7. The standard InChI is InChI=1S/C28H28F4N6O4/c1-14-4-5-21(23-17(14)13-38(2)26(23)40)42-25-18(28(30,31)32)12-34-27(37-25)36-20-11-19(29)16(10-22(20)41-3)24(39)35-15-6-8-33-9-7-15/h4-5,10-12,15,33H,6-9,13H2,1-3H3,(H,35,39)(H,34,36,37). The van der Waals surface area contributed by atoms with Crippen LogP contribution in [0.25, 0.3) is 0 Å². The number of alkyl halides is 3. The van der Waals surface area contributed by atoms with Crippen molar-refractivity contribution in [1.29, 1.82) is 0 Å². The summed E-state index contributed by atoms with van der Waals surface area (Å²) in [5.41, 5.74) is 0.0250. The summed E-state index contributed by atoms with van der Waals surface area (Å²) in [6.07, 6.45) is -2.95. The molecule has 2 aliphatic heterocycles. The van der Waals surface area contributed by atoms with Gasteiger partial charge in [0.2, 0.25) is 11.8 Å². The van der Waals surface area contributed by atoms with Crippen LogP contribution in [0.5, 0.6) is 17.4 Å². The number of aromatic nitrogens is 2. The van der Waals surface area contributed by atoms with Gasteiger partial charge >= 0.3 is 6.18 Å². The normalized spacial score (nSPS) is 15.4. The number of nitrogens with one attached hydrogen (secondary N) is 3. The van der Waals surface area contributed by atoms with E-state index in [1.165, 1.54) is 24.1 Å². The fourth-order valence-electron chi connectivity index (χ4n) is 4.90. The first-order chi connectivity index (χ1) is 20.0. The van der Waals surface area contributed by atoms with Crippen LogP contribution >= 0.6 is 0 Å². The maximum absolute atomic E-state index is 15.1. The van der Waals surface area contributed by atoms with Gasteiger partial charge < -0.3 is 30.3 Å². The molecule has 1 saturated heterocycles. The Morgan fingerprint density at radius 1 is 1.17 bits per heavy atom. The Bertz CT molecular complexity index is 1540. The minimum Gasteiger partial charge on any atom is -0.495 e. The van der Waals surface area contributed by atoms with Gasteiger partial charge in [-0.2, -0.15) is 18.2 Å². The number of benzene rings is 2. The first kappa shape index (κ1) is 29.0. The quantitative estimate of drug-likeness (QED) is 0.344. The van der Waals surface area contributed by atoms with E-state index in [9.17, 15) is 22.8 Å². The number of aryl methyl sites for hydroxylation is 1. The number of amides is 2. The number of hydrogen-bond donors (Lipinski definition) is 3. The summed E-state index contributed by atoms with van der Waals surface area (Å²) in [5.74, 6) is -3.17. The van der Waals surface area contributed by atoms with Gasteiger partial charge in [0, 0.05) is 31.9 Å². The predicted molar refractivity (Wildman–Crippen MR) is 144 cm³/mol. The summed E-state index contributed by atoms with van der Waals surface area (Å²) >= 11 is 0. The van der Waals surface area contributed by atoms with E-state index in [2.05, 4.69) is 25.9 Å². The Labute approximate surface area is 238 Å². The van der Waals surface area contributed by atoms with Crippen molar-refractivity contribution in [2.45, 2.75) is 38.5 Å². The van der Waals surface area contributed by atoms with Crippen LogP contribution in [-0.4, -0.2) is 60.0 Å². The number of anilines is 2. The number of hydrogen-bond acceptors (Lipinski definition) is 8. The first-order valence-corrected chi connectivity index (χ1v) is 13.1. The maximum atomic E-state index is 15.1. The lowest BCUT2D eigenvalue weighted by atomic mass is 10.0. The van der Waals surface area contributed by atoms with Crippen molar-refractivity contribution >= 4 is 23.5 Å². The highest BCUT2D eigenvalue weighted by Gasteiger charge is 2.38.